The molecule has 11 rings (SSSR count). The van der Waals surface area contributed by atoms with Crippen LogP contribution in [0.25, 0.3) is 11.3 Å². The maximum absolute atomic E-state index is 6.99. The van der Waals surface area contributed by atoms with E-state index in [2.05, 4.69) is 174 Å². The molecule has 5 aromatic rings. The fourth-order valence-corrected chi connectivity index (χ4v) is 10.3. The van der Waals surface area contributed by atoms with Crippen molar-refractivity contribution in [2.75, 3.05) is 4.90 Å². The van der Waals surface area contributed by atoms with Gasteiger partial charge in [-0.15, -0.1) is 0 Å². The number of aryl methyl sites for hydroxylation is 1. The van der Waals surface area contributed by atoms with E-state index < -0.39 is 5.41 Å². The number of aromatic nitrogens is 1. The molecule has 0 radical (unpaired) electrons. The lowest BCUT2D eigenvalue weighted by Crippen LogP contribution is -2.52. The van der Waals surface area contributed by atoms with E-state index in [1.807, 2.05) is 0 Å². The standard InChI is InChI=1S/C48H40N2O2/c1-49-27-11-18-41(49)33-22-25-39-47(30-33)52-45-20-10-7-16-38(45)48(39)37-15-6-9-19-44(37)51-46-26-23-31(28-40(46)48)32-21-24-36-35-14-5-8-17-42(35)50(43(36)29-32)34-12-3-2-4-13-34/h2-5,7-8,10-27,29-31,35,40,42,46H,6,9,28H2,1H3. The maximum Gasteiger partial charge on any atom is 0.132 e. The lowest BCUT2D eigenvalue weighted by atomic mass is 9.53. The molecule has 4 heteroatoms. The van der Waals surface area contributed by atoms with Crippen LogP contribution in [0.2, 0.25) is 0 Å². The Morgan fingerprint density at radius 1 is 0.731 bits per heavy atom. The Morgan fingerprint density at radius 2 is 1.58 bits per heavy atom. The Hall–Kier alpha value is -5.74. The lowest BCUT2D eigenvalue weighted by Gasteiger charge is -2.55. The summed E-state index contributed by atoms with van der Waals surface area (Å²) in [5, 5.41) is 0. The molecule has 1 fully saturated rings. The molecule has 0 N–H and O–H groups in total. The molecule has 1 spiro atoms. The van der Waals surface area contributed by atoms with Crippen molar-refractivity contribution >= 4 is 11.4 Å². The van der Waals surface area contributed by atoms with E-state index >= 15 is 0 Å². The number of nitrogens with zero attached hydrogens (tertiary/aromatic N) is 2. The van der Waals surface area contributed by atoms with Gasteiger partial charge in [0.1, 0.15) is 23.4 Å². The highest BCUT2D eigenvalue weighted by Gasteiger charge is 2.58. The number of anilines is 2. The number of para-hydroxylation sites is 2. The van der Waals surface area contributed by atoms with Crippen LogP contribution < -0.4 is 9.64 Å². The first-order chi connectivity index (χ1) is 25.7. The fourth-order valence-electron chi connectivity index (χ4n) is 10.3. The minimum absolute atomic E-state index is 0.0577. The third-order valence-electron chi connectivity index (χ3n) is 12.5. The van der Waals surface area contributed by atoms with E-state index in [-0.39, 0.29) is 24.0 Å². The molecule has 1 saturated heterocycles. The molecule has 0 saturated carbocycles. The molecule has 6 atom stereocenters. The van der Waals surface area contributed by atoms with E-state index in [9.17, 15) is 0 Å². The Kier molecular flexibility index (Phi) is 6.55. The summed E-state index contributed by atoms with van der Waals surface area (Å²) in [6.45, 7) is 0. The highest BCUT2D eigenvalue weighted by atomic mass is 16.5. The molecule has 3 aliphatic heterocycles. The van der Waals surface area contributed by atoms with Crippen molar-refractivity contribution in [3.05, 3.63) is 192 Å². The van der Waals surface area contributed by atoms with Gasteiger partial charge < -0.3 is 18.9 Å². The van der Waals surface area contributed by atoms with Crippen LogP contribution in [-0.2, 0) is 17.2 Å². The van der Waals surface area contributed by atoms with E-state index in [0.717, 1.165) is 42.1 Å². The second kappa shape index (κ2) is 11.4. The van der Waals surface area contributed by atoms with Crippen molar-refractivity contribution in [2.24, 2.45) is 13.0 Å². The monoisotopic (exact) mass is 676 g/mol. The molecule has 6 unspecified atom stereocenters. The van der Waals surface area contributed by atoms with E-state index in [0.29, 0.717) is 5.92 Å². The molecule has 52 heavy (non-hydrogen) atoms. The number of hydrogen-bond acceptors (Lipinski definition) is 3. The Balaban J connectivity index is 1.07. The molecule has 0 amide bonds. The molecule has 4 aromatic carbocycles. The minimum Gasteiger partial charge on any atom is -0.486 e. The van der Waals surface area contributed by atoms with E-state index in [4.69, 9.17) is 9.47 Å². The van der Waals surface area contributed by atoms with Crippen LogP contribution in [0.3, 0.4) is 0 Å². The molecular weight excluding hydrogens is 637 g/mol. The van der Waals surface area contributed by atoms with Crippen LogP contribution in [-0.4, -0.2) is 16.7 Å². The van der Waals surface area contributed by atoms with Gasteiger partial charge in [-0.2, -0.15) is 0 Å². The average molecular weight is 677 g/mol. The quantitative estimate of drug-likeness (QED) is 0.178. The SMILES string of the molecule is Cn1cccc1-c1ccc2c(c1)Oc1ccccc1C21C2=CCCC=C2OC2C=CC(c3ccc4c(c3)N(c3ccccc3)C3C=CC=CC43)CC21. The smallest absolute Gasteiger partial charge is 0.132 e. The zero-order valence-electron chi connectivity index (χ0n) is 29.2. The Morgan fingerprint density at radius 3 is 2.48 bits per heavy atom. The summed E-state index contributed by atoms with van der Waals surface area (Å²) >= 11 is 0. The summed E-state index contributed by atoms with van der Waals surface area (Å²) in [6, 6.07) is 38.4. The first-order valence-electron chi connectivity index (χ1n) is 18.8. The zero-order valence-corrected chi connectivity index (χ0v) is 29.2. The number of fused-ring (bicyclic) bond motifs is 11. The van der Waals surface area contributed by atoms with Gasteiger partial charge >= 0.3 is 0 Å². The zero-order chi connectivity index (χ0) is 34.4. The van der Waals surface area contributed by atoms with E-state index in [1.165, 1.54) is 44.9 Å². The molecule has 3 aliphatic carbocycles. The summed E-state index contributed by atoms with van der Waals surface area (Å²) in [7, 11) is 2.10. The first kappa shape index (κ1) is 29.9. The molecule has 4 nitrogen and oxygen atoms in total. The Labute approximate surface area is 305 Å². The predicted octanol–water partition coefficient (Wildman–Crippen LogP) is 11.2. The van der Waals surface area contributed by atoms with E-state index in [1.54, 1.807) is 0 Å². The Bertz CT molecular complexity index is 2410. The third kappa shape index (κ3) is 4.21. The van der Waals surface area contributed by atoms with Gasteiger partial charge in [0.2, 0.25) is 0 Å². The summed E-state index contributed by atoms with van der Waals surface area (Å²) in [5.41, 5.74) is 11.0. The minimum atomic E-state index is -0.424. The van der Waals surface area contributed by atoms with Crippen LogP contribution >= 0.6 is 0 Å². The molecule has 254 valence electrons. The lowest BCUT2D eigenvalue weighted by molar-refractivity contribution is 0.0315. The number of rotatable bonds is 3. The molecule has 4 heterocycles. The summed E-state index contributed by atoms with van der Waals surface area (Å²) in [4.78, 5) is 2.54. The van der Waals surface area contributed by atoms with Gasteiger partial charge in [0.25, 0.3) is 0 Å². The van der Waals surface area contributed by atoms with Gasteiger partial charge in [-0.05, 0) is 85.0 Å². The van der Waals surface area contributed by atoms with Gasteiger partial charge in [0, 0.05) is 70.3 Å². The predicted molar refractivity (Wildman–Crippen MR) is 208 cm³/mol. The van der Waals surface area contributed by atoms with Gasteiger partial charge in [-0.1, -0.05) is 97.1 Å². The second-order valence-electron chi connectivity index (χ2n) is 15.1. The van der Waals surface area contributed by atoms with Gasteiger partial charge in [-0.25, -0.2) is 0 Å². The van der Waals surface area contributed by atoms with Crippen molar-refractivity contribution in [1.29, 1.82) is 0 Å². The molecular formula is C48H40N2O2. The molecule has 6 aliphatic rings. The largest absolute Gasteiger partial charge is 0.486 e. The van der Waals surface area contributed by atoms with Crippen molar-refractivity contribution < 1.29 is 9.47 Å². The third-order valence-corrected chi connectivity index (χ3v) is 12.5. The van der Waals surface area contributed by atoms with Gasteiger partial charge in [0.05, 0.1) is 11.5 Å². The number of hydrogen-bond donors (Lipinski definition) is 0. The highest BCUT2D eigenvalue weighted by Crippen LogP contribution is 2.64. The fraction of sp³-hybridized carbons (Fsp3) is 0.208. The normalized spacial score (nSPS) is 27.2. The van der Waals surface area contributed by atoms with Crippen LogP contribution in [0, 0.1) is 5.92 Å². The molecule has 1 aromatic heterocycles. The van der Waals surface area contributed by atoms with Crippen molar-refractivity contribution in [3.8, 4) is 22.8 Å². The summed E-state index contributed by atoms with van der Waals surface area (Å²) < 4.78 is 16.0. The van der Waals surface area contributed by atoms with Crippen molar-refractivity contribution in [3.63, 3.8) is 0 Å². The topological polar surface area (TPSA) is 26.6 Å². The van der Waals surface area contributed by atoms with Gasteiger partial charge in [-0.3, -0.25) is 0 Å². The van der Waals surface area contributed by atoms with Crippen LogP contribution in [0.4, 0.5) is 11.4 Å². The van der Waals surface area contributed by atoms with Crippen LogP contribution in [0.1, 0.15) is 53.4 Å². The average Bonchev–Trinajstić information content (AvgIpc) is 3.78. The molecule has 0 bridgehead atoms. The number of benzene rings is 4. The highest BCUT2D eigenvalue weighted by molar-refractivity contribution is 5.76. The van der Waals surface area contributed by atoms with Crippen LogP contribution in [0.5, 0.6) is 11.5 Å². The number of ether oxygens (including phenoxy) is 2. The van der Waals surface area contributed by atoms with Crippen molar-refractivity contribution in [2.45, 2.75) is 48.7 Å². The number of allylic oxidation sites excluding steroid dienone is 6. The summed E-state index contributed by atoms with van der Waals surface area (Å²) in [6.07, 6.45) is 23.7. The second-order valence-corrected chi connectivity index (χ2v) is 15.1. The van der Waals surface area contributed by atoms with Crippen LogP contribution in [0.15, 0.2) is 169 Å². The maximum atomic E-state index is 6.99. The van der Waals surface area contributed by atoms with Crippen molar-refractivity contribution in [1.82, 2.24) is 4.57 Å². The first-order valence-corrected chi connectivity index (χ1v) is 18.8. The van der Waals surface area contributed by atoms with Gasteiger partial charge in [0.15, 0.2) is 0 Å². The summed E-state index contributed by atoms with van der Waals surface area (Å²) in [5.74, 6) is 3.64.